The van der Waals surface area contributed by atoms with Crippen LogP contribution < -0.4 is 0 Å². The Labute approximate surface area is 162 Å². The standard InChI is InChI=1S/C25H40O/c1-20(11-7-13-23-16-18-26-19-23)9-6-10-21(2)14-15-24-22(3)12-8-17-25(24,4)5/h10,12,16,18-20,24H,6-9,11,13-15,17H2,1-5H3/b21-10+. The van der Waals surface area contributed by atoms with E-state index in [4.69, 9.17) is 4.42 Å². The Bertz CT molecular complexity index is 573. The first-order valence-electron chi connectivity index (χ1n) is 10.7. The van der Waals surface area contributed by atoms with Crippen molar-refractivity contribution in [1.29, 1.82) is 0 Å². The maximum atomic E-state index is 5.14. The zero-order valence-electron chi connectivity index (χ0n) is 17.8. The minimum absolute atomic E-state index is 0.475. The first-order chi connectivity index (χ1) is 12.4. The van der Waals surface area contributed by atoms with E-state index in [1.54, 1.807) is 17.4 Å². The van der Waals surface area contributed by atoms with Crippen molar-refractivity contribution in [3.63, 3.8) is 0 Å². The molecule has 1 aliphatic rings. The van der Waals surface area contributed by atoms with Gasteiger partial charge in [0.05, 0.1) is 12.5 Å². The van der Waals surface area contributed by atoms with Gasteiger partial charge in [-0.1, -0.05) is 50.5 Å². The van der Waals surface area contributed by atoms with Crippen LogP contribution in [0.5, 0.6) is 0 Å². The van der Waals surface area contributed by atoms with Crippen LogP contribution in [-0.4, -0.2) is 0 Å². The summed E-state index contributed by atoms with van der Waals surface area (Å²) in [6.07, 6.45) is 20.1. The topological polar surface area (TPSA) is 13.1 Å². The van der Waals surface area contributed by atoms with Crippen LogP contribution in [0, 0.1) is 17.3 Å². The molecular formula is C25H40O. The zero-order valence-corrected chi connectivity index (χ0v) is 17.8. The lowest BCUT2D eigenvalue weighted by Crippen LogP contribution is -2.27. The quantitative estimate of drug-likeness (QED) is 0.386. The van der Waals surface area contributed by atoms with Gasteiger partial charge in [-0.25, -0.2) is 0 Å². The molecule has 1 heterocycles. The molecule has 2 atom stereocenters. The maximum Gasteiger partial charge on any atom is 0.0934 e. The van der Waals surface area contributed by atoms with Crippen molar-refractivity contribution in [2.24, 2.45) is 17.3 Å². The van der Waals surface area contributed by atoms with Crippen molar-refractivity contribution in [1.82, 2.24) is 0 Å². The van der Waals surface area contributed by atoms with Gasteiger partial charge in [0.1, 0.15) is 0 Å². The molecular weight excluding hydrogens is 316 g/mol. The summed E-state index contributed by atoms with van der Waals surface area (Å²) in [6.45, 7) is 12.0. The molecule has 1 aliphatic carbocycles. The summed E-state index contributed by atoms with van der Waals surface area (Å²) in [5.74, 6) is 1.58. The van der Waals surface area contributed by atoms with E-state index in [2.05, 4.69) is 52.8 Å². The van der Waals surface area contributed by atoms with Gasteiger partial charge in [-0.05, 0) is 94.1 Å². The summed E-state index contributed by atoms with van der Waals surface area (Å²) in [5.41, 5.74) is 5.02. The van der Waals surface area contributed by atoms with Gasteiger partial charge in [0.25, 0.3) is 0 Å². The predicted molar refractivity (Wildman–Crippen MR) is 113 cm³/mol. The van der Waals surface area contributed by atoms with Gasteiger partial charge in [-0.15, -0.1) is 0 Å². The number of hydrogen-bond acceptors (Lipinski definition) is 1. The molecule has 1 heteroatoms. The third-order valence-electron chi connectivity index (χ3n) is 6.47. The molecule has 0 fully saturated rings. The molecule has 2 rings (SSSR count). The first kappa shape index (κ1) is 21.1. The Morgan fingerprint density at radius 1 is 1.35 bits per heavy atom. The van der Waals surface area contributed by atoms with Crippen LogP contribution in [0.15, 0.2) is 46.3 Å². The third kappa shape index (κ3) is 6.82. The van der Waals surface area contributed by atoms with E-state index in [-0.39, 0.29) is 0 Å². The average molecular weight is 357 g/mol. The molecule has 0 bridgehead atoms. The fourth-order valence-electron chi connectivity index (χ4n) is 4.55. The normalized spacial score (nSPS) is 21.5. The van der Waals surface area contributed by atoms with Crippen LogP contribution in [-0.2, 0) is 6.42 Å². The van der Waals surface area contributed by atoms with E-state index >= 15 is 0 Å². The van der Waals surface area contributed by atoms with E-state index in [1.165, 1.54) is 56.9 Å². The predicted octanol–water partition coefficient (Wildman–Crippen LogP) is 8.13. The Hall–Kier alpha value is -1.24. The molecule has 0 spiro atoms. The lowest BCUT2D eigenvalue weighted by molar-refractivity contribution is 0.204. The smallest absolute Gasteiger partial charge is 0.0934 e. The number of aryl methyl sites for hydroxylation is 1. The average Bonchev–Trinajstić information content (AvgIpc) is 3.07. The highest BCUT2D eigenvalue weighted by atomic mass is 16.3. The summed E-state index contributed by atoms with van der Waals surface area (Å²) in [5, 5.41) is 0. The summed E-state index contributed by atoms with van der Waals surface area (Å²) in [4.78, 5) is 0. The van der Waals surface area contributed by atoms with E-state index in [9.17, 15) is 0 Å². The lowest BCUT2D eigenvalue weighted by Gasteiger charge is -2.38. The molecule has 1 aromatic rings. The van der Waals surface area contributed by atoms with Crippen molar-refractivity contribution in [2.75, 3.05) is 0 Å². The monoisotopic (exact) mass is 356 g/mol. The Kier molecular flexibility index (Phi) is 8.25. The second-order valence-electron chi connectivity index (χ2n) is 9.32. The molecule has 0 radical (unpaired) electrons. The summed E-state index contributed by atoms with van der Waals surface area (Å²) in [7, 11) is 0. The molecule has 1 aromatic heterocycles. The van der Waals surface area contributed by atoms with Crippen molar-refractivity contribution in [3.8, 4) is 0 Å². The lowest BCUT2D eigenvalue weighted by atomic mass is 9.67. The molecule has 0 amide bonds. The first-order valence-corrected chi connectivity index (χ1v) is 10.7. The van der Waals surface area contributed by atoms with Gasteiger partial charge in [0, 0.05) is 0 Å². The molecule has 0 saturated heterocycles. The van der Waals surface area contributed by atoms with Gasteiger partial charge in [0.15, 0.2) is 0 Å². The minimum atomic E-state index is 0.475. The van der Waals surface area contributed by atoms with E-state index < -0.39 is 0 Å². The van der Waals surface area contributed by atoms with Crippen LogP contribution in [0.1, 0.15) is 91.5 Å². The molecule has 0 N–H and O–H groups in total. The highest BCUT2D eigenvalue weighted by molar-refractivity contribution is 5.13. The number of allylic oxidation sites excluding steroid dienone is 4. The Morgan fingerprint density at radius 3 is 2.85 bits per heavy atom. The fourth-order valence-corrected chi connectivity index (χ4v) is 4.55. The SMILES string of the molecule is CC1=CCCC(C)(C)C1CC/C(C)=C/CCC(C)CCCc1ccoc1. The highest BCUT2D eigenvalue weighted by Gasteiger charge is 2.32. The van der Waals surface area contributed by atoms with Gasteiger partial charge in [0.2, 0.25) is 0 Å². The van der Waals surface area contributed by atoms with Crippen LogP contribution >= 0.6 is 0 Å². The van der Waals surface area contributed by atoms with E-state index in [0.29, 0.717) is 5.41 Å². The van der Waals surface area contributed by atoms with E-state index in [1.807, 2.05) is 6.26 Å². The molecule has 1 nitrogen and oxygen atoms in total. The van der Waals surface area contributed by atoms with Crippen molar-refractivity contribution in [3.05, 3.63) is 47.5 Å². The molecule has 0 aliphatic heterocycles. The second-order valence-corrected chi connectivity index (χ2v) is 9.32. The molecule has 0 saturated carbocycles. The van der Waals surface area contributed by atoms with Gasteiger partial charge in [-0.2, -0.15) is 0 Å². The minimum Gasteiger partial charge on any atom is -0.472 e. The summed E-state index contributed by atoms with van der Waals surface area (Å²) >= 11 is 0. The van der Waals surface area contributed by atoms with Crippen LogP contribution in [0.4, 0.5) is 0 Å². The molecule has 2 unspecified atom stereocenters. The van der Waals surface area contributed by atoms with Crippen molar-refractivity contribution in [2.45, 2.75) is 92.4 Å². The van der Waals surface area contributed by atoms with Crippen molar-refractivity contribution < 1.29 is 4.42 Å². The van der Waals surface area contributed by atoms with Gasteiger partial charge >= 0.3 is 0 Å². The number of hydrogen-bond donors (Lipinski definition) is 0. The number of furan rings is 1. The van der Waals surface area contributed by atoms with Crippen LogP contribution in [0.3, 0.4) is 0 Å². The fraction of sp³-hybridized carbons (Fsp3) is 0.680. The Morgan fingerprint density at radius 2 is 2.15 bits per heavy atom. The van der Waals surface area contributed by atoms with Crippen LogP contribution in [0.2, 0.25) is 0 Å². The molecule has 0 aromatic carbocycles. The van der Waals surface area contributed by atoms with Gasteiger partial charge < -0.3 is 4.42 Å². The Balaban J connectivity index is 1.64. The van der Waals surface area contributed by atoms with E-state index in [0.717, 1.165) is 18.3 Å². The summed E-state index contributed by atoms with van der Waals surface area (Å²) < 4.78 is 5.14. The highest BCUT2D eigenvalue weighted by Crippen LogP contribution is 2.43. The number of rotatable bonds is 10. The molecule has 146 valence electrons. The maximum absolute atomic E-state index is 5.14. The van der Waals surface area contributed by atoms with Crippen LogP contribution in [0.25, 0.3) is 0 Å². The summed E-state index contributed by atoms with van der Waals surface area (Å²) in [6, 6.07) is 2.08. The van der Waals surface area contributed by atoms with Crippen molar-refractivity contribution >= 4 is 0 Å². The second kappa shape index (κ2) is 10.2. The zero-order chi connectivity index (χ0) is 19.0. The molecule has 26 heavy (non-hydrogen) atoms. The van der Waals surface area contributed by atoms with Gasteiger partial charge in [-0.3, -0.25) is 0 Å². The largest absolute Gasteiger partial charge is 0.472 e. The third-order valence-corrected chi connectivity index (χ3v) is 6.47.